The maximum atomic E-state index is 12.9. The van der Waals surface area contributed by atoms with Crippen LogP contribution in [0.1, 0.15) is 30.1 Å². The molecule has 6 heteroatoms. The summed E-state index contributed by atoms with van der Waals surface area (Å²) in [5, 5.41) is 0. The van der Waals surface area contributed by atoms with Gasteiger partial charge in [-0.2, -0.15) is 0 Å². The van der Waals surface area contributed by atoms with E-state index >= 15 is 0 Å². The van der Waals surface area contributed by atoms with Crippen LogP contribution in [0.3, 0.4) is 0 Å². The van der Waals surface area contributed by atoms with Gasteiger partial charge in [-0.1, -0.05) is 19.1 Å². The van der Waals surface area contributed by atoms with E-state index in [1.165, 1.54) is 0 Å². The van der Waals surface area contributed by atoms with E-state index in [4.69, 9.17) is 14.2 Å². The van der Waals surface area contributed by atoms with Crippen molar-refractivity contribution >= 4 is 5.91 Å². The van der Waals surface area contributed by atoms with Crippen molar-refractivity contribution < 1.29 is 19.0 Å². The lowest BCUT2D eigenvalue weighted by atomic mass is 10.0. The summed E-state index contributed by atoms with van der Waals surface area (Å²) in [4.78, 5) is 17.3. The Labute approximate surface area is 179 Å². The van der Waals surface area contributed by atoms with Crippen molar-refractivity contribution in [3.8, 4) is 28.4 Å². The minimum absolute atomic E-state index is 0.101. The van der Waals surface area contributed by atoms with E-state index in [1.807, 2.05) is 41.3 Å². The third-order valence-corrected chi connectivity index (χ3v) is 6.00. The molecule has 2 aromatic carbocycles. The zero-order chi connectivity index (χ0) is 21.7. The summed E-state index contributed by atoms with van der Waals surface area (Å²) in [5.41, 5.74) is 2.63. The fraction of sp³-hybridized carbons (Fsp3) is 0.458. The molecule has 0 spiro atoms. The van der Waals surface area contributed by atoms with Gasteiger partial charge in [0.15, 0.2) is 11.5 Å². The van der Waals surface area contributed by atoms with Crippen LogP contribution in [-0.2, 0) is 0 Å². The molecule has 2 aromatic rings. The van der Waals surface area contributed by atoms with Gasteiger partial charge in [0.1, 0.15) is 0 Å². The van der Waals surface area contributed by atoms with Crippen LogP contribution in [0.4, 0.5) is 0 Å². The highest BCUT2D eigenvalue weighted by Gasteiger charge is 2.25. The summed E-state index contributed by atoms with van der Waals surface area (Å²) >= 11 is 0. The lowest BCUT2D eigenvalue weighted by Gasteiger charge is -2.36. The topological polar surface area (TPSA) is 51.2 Å². The number of benzene rings is 2. The van der Waals surface area contributed by atoms with Gasteiger partial charge in [-0.15, -0.1) is 0 Å². The van der Waals surface area contributed by atoms with Crippen molar-refractivity contribution in [2.45, 2.75) is 25.8 Å². The number of likely N-dealkylation sites (tertiary alicyclic amines) is 1. The second-order valence-electron chi connectivity index (χ2n) is 7.59. The molecule has 1 fully saturated rings. The fourth-order valence-corrected chi connectivity index (χ4v) is 4.00. The quantitative estimate of drug-likeness (QED) is 0.690. The second-order valence-corrected chi connectivity index (χ2v) is 7.59. The molecule has 1 saturated heterocycles. The third-order valence-electron chi connectivity index (χ3n) is 6.00. The van der Waals surface area contributed by atoms with Crippen LogP contribution in [-0.4, -0.2) is 69.8 Å². The number of hydrogen-bond donors (Lipinski definition) is 0. The Balaban J connectivity index is 1.75. The number of carbonyl (C=O) groups is 1. The van der Waals surface area contributed by atoms with Gasteiger partial charge in [0, 0.05) is 24.7 Å². The molecule has 0 aromatic heterocycles. The van der Waals surface area contributed by atoms with Crippen LogP contribution in [0.5, 0.6) is 17.2 Å². The first-order valence-electron chi connectivity index (χ1n) is 10.4. The van der Waals surface area contributed by atoms with E-state index in [0.29, 0.717) is 28.9 Å². The Morgan fingerprint density at radius 1 is 0.967 bits per heavy atom. The summed E-state index contributed by atoms with van der Waals surface area (Å²) in [5.74, 6) is 1.87. The molecule has 1 heterocycles. The molecule has 0 aliphatic carbocycles. The fourth-order valence-electron chi connectivity index (χ4n) is 4.00. The maximum absolute atomic E-state index is 12.9. The van der Waals surface area contributed by atoms with E-state index in [0.717, 1.165) is 43.6 Å². The third kappa shape index (κ3) is 4.54. The number of rotatable bonds is 7. The number of carbonyl (C=O) groups excluding carboxylic acids is 1. The van der Waals surface area contributed by atoms with Crippen molar-refractivity contribution in [3.63, 3.8) is 0 Å². The van der Waals surface area contributed by atoms with E-state index in [-0.39, 0.29) is 5.91 Å². The van der Waals surface area contributed by atoms with Crippen molar-refractivity contribution in [2.75, 3.05) is 48.0 Å². The highest BCUT2D eigenvalue weighted by molar-refractivity contribution is 5.94. The Bertz CT molecular complexity index is 833. The maximum Gasteiger partial charge on any atom is 0.253 e. The van der Waals surface area contributed by atoms with Gasteiger partial charge in [-0.3, -0.25) is 4.79 Å². The molecule has 1 amide bonds. The van der Waals surface area contributed by atoms with Crippen molar-refractivity contribution in [1.29, 1.82) is 0 Å². The molecule has 0 bridgehead atoms. The molecule has 0 atom stereocenters. The molecular weight excluding hydrogens is 380 g/mol. The SMILES string of the molecule is CCN(C)C1CCN(C(=O)c2ccc(-c3cc(OC)c(OC)c(OC)c3)cc2)CC1. The second kappa shape index (κ2) is 9.85. The summed E-state index contributed by atoms with van der Waals surface area (Å²) < 4.78 is 16.3. The molecule has 0 N–H and O–H groups in total. The molecule has 0 radical (unpaired) electrons. The highest BCUT2D eigenvalue weighted by atomic mass is 16.5. The van der Waals surface area contributed by atoms with Gasteiger partial charge in [-0.25, -0.2) is 0 Å². The zero-order valence-electron chi connectivity index (χ0n) is 18.6. The summed E-state index contributed by atoms with van der Waals surface area (Å²) in [7, 11) is 6.95. The molecule has 162 valence electrons. The monoisotopic (exact) mass is 412 g/mol. The number of nitrogens with zero attached hydrogens (tertiary/aromatic N) is 2. The Morgan fingerprint density at radius 2 is 1.53 bits per heavy atom. The van der Waals surface area contributed by atoms with Crippen LogP contribution in [0.2, 0.25) is 0 Å². The highest BCUT2D eigenvalue weighted by Crippen LogP contribution is 2.41. The molecule has 3 rings (SSSR count). The smallest absolute Gasteiger partial charge is 0.253 e. The Hall–Kier alpha value is -2.73. The molecular formula is C24H32N2O4. The minimum Gasteiger partial charge on any atom is -0.493 e. The van der Waals surface area contributed by atoms with Crippen molar-refractivity contribution in [3.05, 3.63) is 42.0 Å². The molecule has 1 aliphatic heterocycles. The van der Waals surface area contributed by atoms with Crippen LogP contribution in [0, 0.1) is 0 Å². The predicted octanol–water partition coefficient (Wildman–Crippen LogP) is 3.94. The van der Waals surface area contributed by atoms with Gasteiger partial charge in [-0.05, 0) is 61.8 Å². The van der Waals surface area contributed by atoms with Gasteiger partial charge in [0.05, 0.1) is 21.3 Å². The average molecular weight is 413 g/mol. The van der Waals surface area contributed by atoms with Gasteiger partial charge >= 0.3 is 0 Å². The first-order valence-corrected chi connectivity index (χ1v) is 10.4. The molecule has 30 heavy (non-hydrogen) atoms. The van der Waals surface area contributed by atoms with Gasteiger partial charge < -0.3 is 24.0 Å². The largest absolute Gasteiger partial charge is 0.493 e. The van der Waals surface area contributed by atoms with E-state index in [1.54, 1.807) is 21.3 Å². The lowest BCUT2D eigenvalue weighted by Crippen LogP contribution is -2.45. The van der Waals surface area contributed by atoms with Gasteiger partial charge in [0.25, 0.3) is 5.91 Å². The number of methoxy groups -OCH3 is 3. The molecule has 1 aliphatic rings. The molecule has 0 saturated carbocycles. The number of ether oxygens (including phenoxy) is 3. The van der Waals surface area contributed by atoms with Crippen molar-refractivity contribution in [1.82, 2.24) is 9.80 Å². The first-order chi connectivity index (χ1) is 14.5. The van der Waals surface area contributed by atoms with E-state index in [2.05, 4.69) is 18.9 Å². The van der Waals surface area contributed by atoms with Gasteiger partial charge in [0.2, 0.25) is 5.75 Å². The number of hydrogen-bond acceptors (Lipinski definition) is 5. The minimum atomic E-state index is 0.101. The molecule has 0 unspecified atom stereocenters. The number of amides is 1. The predicted molar refractivity (Wildman–Crippen MR) is 119 cm³/mol. The average Bonchev–Trinajstić information content (AvgIpc) is 2.82. The molecule has 6 nitrogen and oxygen atoms in total. The normalized spacial score (nSPS) is 14.7. The van der Waals surface area contributed by atoms with Crippen LogP contribution < -0.4 is 14.2 Å². The summed E-state index contributed by atoms with van der Waals surface area (Å²) in [6.07, 6.45) is 2.05. The zero-order valence-corrected chi connectivity index (χ0v) is 18.6. The van der Waals surface area contributed by atoms with Crippen LogP contribution in [0.25, 0.3) is 11.1 Å². The Morgan fingerprint density at radius 3 is 2.00 bits per heavy atom. The van der Waals surface area contributed by atoms with Crippen molar-refractivity contribution in [2.24, 2.45) is 0 Å². The van der Waals surface area contributed by atoms with Crippen LogP contribution in [0.15, 0.2) is 36.4 Å². The van der Waals surface area contributed by atoms with E-state index in [9.17, 15) is 4.79 Å². The lowest BCUT2D eigenvalue weighted by molar-refractivity contribution is 0.0650. The number of piperidine rings is 1. The summed E-state index contributed by atoms with van der Waals surface area (Å²) in [6, 6.07) is 12.1. The van der Waals surface area contributed by atoms with Crippen LogP contribution >= 0.6 is 0 Å². The standard InChI is InChI=1S/C24H32N2O4/c1-6-25(2)20-11-13-26(14-12-20)24(27)18-9-7-17(8-10-18)19-15-21(28-3)23(30-5)22(16-19)29-4/h7-10,15-16,20H,6,11-14H2,1-5H3. The Kier molecular flexibility index (Phi) is 7.21. The summed E-state index contributed by atoms with van der Waals surface area (Å²) in [6.45, 7) is 4.83. The van der Waals surface area contributed by atoms with E-state index < -0.39 is 0 Å². The first kappa shape index (κ1) is 22.0.